The molecule has 54 heavy (non-hydrogen) atoms. The number of non-ortho nitro benzene ring substituents is 2. The van der Waals surface area contributed by atoms with E-state index in [9.17, 15) is 29.8 Å². The summed E-state index contributed by atoms with van der Waals surface area (Å²) in [7, 11) is 3.24. The monoisotopic (exact) mass is 718 g/mol. The van der Waals surface area contributed by atoms with E-state index in [-0.39, 0.29) is 22.9 Å². The molecule has 0 N–H and O–H groups in total. The molecule has 0 saturated heterocycles. The van der Waals surface area contributed by atoms with E-state index < -0.39 is 9.85 Å². The van der Waals surface area contributed by atoms with Crippen LogP contribution in [0.1, 0.15) is 31.8 Å². The van der Waals surface area contributed by atoms with Crippen molar-refractivity contribution < 1.29 is 28.9 Å². The van der Waals surface area contributed by atoms with Gasteiger partial charge in [0.25, 0.3) is 11.4 Å². The van der Waals surface area contributed by atoms with Crippen molar-refractivity contribution in [1.82, 2.24) is 0 Å². The number of nitro benzene ring substituents is 2. The van der Waals surface area contributed by atoms with Gasteiger partial charge in [-0.2, -0.15) is 0 Å². The quantitative estimate of drug-likeness (QED) is 0.0527. The number of nitro groups is 2. The first-order valence-corrected chi connectivity index (χ1v) is 16.6. The second kappa shape index (κ2) is 18.2. The summed E-state index contributed by atoms with van der Waals surface area (Å²) in [6, 6.07) is 42.2. The minimum absolute atomic E-state index is 0.00607. The van der Waals surface area contributed by atoms with Crippen LogP contribution in [-0.2, 0) is 0 Å². The molecule has 6 rings (SSSR count). The van der Waals surface area contributed by atoms with Gasteiger partial charge in [0.15, 0.2) is 11.6 Å². The fourth-order valence-corrected chi connectivity index (χ4v) is 5.24. The fourth-order valence-electron chi connectivity index (χ4n) is 5.24. The van der Waals surface area contributed by atoms with Crippen molar-refractivity contribution in [1.29, 1.82) is 0 Å². The van der Waals surface area contributed by atoms with E-state index in [0.717, 1.165) is 33.8 Å². The van der Waals surface area contributed by atoms with Gasteiger partial charge in [-0.25, -0.2) is 0 Å². The number of hydrogen-bond acceptors (Lipinski definition) is 8. The molecule has 0 radical (unpaired) electrons. The smallest absolute Gasteiger partial charge is 0.270 e. The van der Waals surface area contributed by atoms with Gasteiger partial charge in [0.2, 0.25) is 0 Å². The van der Waals surface area contributed by atoms with Crippen molar-refractivity contribution in [3.63, 3.8) is 0 Å². The summed E-state index contributed by atoms with van der Waals surface area (Å²) in [6.45, 7) is 0. The average molecular weight is 719 g/mol. The molecule has 0 aliphatic rings. The van der Waals surface area contributed by atoms with Gasteiger partial charge in [-0.05, 0) is 69.8 Å². The number of nitrogens with zero attached hydrogens (tertiary/aromatic N) is 2. The Bertz CT molecular complexity index is 2150. The van der Waals surface area contributed by atoms with Gasteiger partial charge in [0, 0.05) is 35.4 Å². The van der Waals surface area contributed by atoms with Crippen molar-refractivity contribution in [3.8, 4) is 33.8 Å². The molecule has 6 aromatic carbocycles. The Morgan fingerprint density at radius 2 is 0.796 bits per heavy atom. The van der Waals surface area contributed by atoms with Crippen LogP contribution >= 0.6 is 0 Å². The summed E-state index contributed by atoms with van der Waals surface area (Å²) in [5.41, 5.74) is 6.35. The molecule has 0 unspecified atom stereocenters. The lowest BCUT2D eigenvalue weighted by Crippen LogP contribution is -1.94. The molecule has 0 aromatic heterocycles. The number of carbonyl (C=O) groups is 2. The number of allylic oxidation sites excluding steroid dienone is 2. The van der Waals surface area contributed by atoms with Crippen LogP contribution in [0.4, 0.5) is 11.4 Å². The molecule has 0 saturated carbocycles. The van der Waals surface area contributed by atoms with E-state index in [1.54, 1.807) is 74.9 Å². The van der Waals surface area contributed by atoms with Crippen molar-refractivity contribution in [3.05, 3.63) is 200 Å². The van der Waals surface area contributed by atoms with Gasteiger partial charge < -0.3 is 9.47 Å². The summed E-state index contributed by atoms with van der Waals surface area (Å²) in [6.07, 6.45) is 5.99. The van der Waals surface area contributed by atoms with Crippen LogP contribution in [0.15, 0.2) is 158 Å². The first-order valence-electron chi connectivity index (χ1n) is 16.6. The third-order valence-corrected chi connectivity index (χ3v) is 8.20. The minimum Gasteiger partial charge on any atom is -0.497 e. The molecule has 0 aliphatic heterocycles. The minimum atomic E-state index is -0.461. The van der Waals surface area contributed by atoms with Gasteiger partial charge >= 0.3 is 0 Å². The van der Waals surface area contributed by atoms with E-state index in [1.807, 2.05) is 72.8 Å². The number of carbonyl (C=O) groups excluding carboxylic acids is 2. The topological polar surface area (TPSA) is 139 Å². The summed E-state index contributed by atoms with van der Waals surface area (Å²) < 4.78 is 10.3. The number of ketones is 2. The van der Waals surface area contributed by atoms with E-state index in [1.165, 1.54) is 36.4 Å². The zero-order valence-corrected chi connectivity index (χ0v) is 29.3. The normalized spacial score (nSPS) is 10.7. The van der Waals surface area contributed by atoms with Crippen LogP contribution in [0, 0.1) is 20.2 Å². The standard InChI is InChI=1S/2C22H17NO4/c2*1-27-21-12-10-18(11-13-21)17-6-8-19(9-7-17)22(24)14-5-16-3-2-4-20(15-16)23(25)26/h2*2-15H,1H3/b2*14-5+. The predicted octanol–water partition coefficient (Wildman–Crippen LogP) is 10.3. The third kappa shape index (κ3) is 10.3. The van der Waals surface area contributed by atoms with Crippen LogP contribution in [0.2, 0.25) is 0 Å². The van der Waals surface area contributed by atoms with Gasteiger partial charge in [0.05, 0.1) is 24.1 Å². The molecule has 6 aromatic rings. The Hall–Kier alpha value is -7.46. The highest BCUT2D eigenvalue weighted by Gasteiger charge is 2.08. The average Bonchev–Trinajstić information content (AvgIpc) is 3.22. The highest BCUT2D eigenvalue weighted by molar-refractivity contribution is 6.07. The van der Waals surface area contributed by atoms with E-state index in [0.29, 0.717) is 22.3 Å². The molecule has 0 bridgehead atoms. The van der Waals surface area contributed by atoms with Crippen molar-refractivity contribution in [2.24, 2.45) is 0 Å². The molecule has 268 valence electrons. The zero-order valence-electron chi connectivity index (χ0n) is 29.3. The van der Waals surface area contributed by atoms with E-state index in [2.05, 4.69) is 0 Å². The SMILES string of the molecule is COc1ccc(-c2ccc(C(=O)/C=C/c3cccc([N+](=O)[O-])c3)cc2)cc1.COc1ccc(-c2ccc(C(=O)/C=C/c3cccc([N+](=O)[O-])c3)cc2)cc1. The second-order valence-corrected chi connectivity index (χ2v) is 11.7. The Morgan fingerprint density at radius 1 is 0.481 bits per heavy atom. The maximum Gasteiger partial charge on any atom is 0.270 e. The lowest BCUT2D eigenvalue weighted by molar-refractivity contribution is -0.385. The fraction of sp³-hybridized carbons (Fsp3) is 0.0455. The number of rotatable bonds is 12. The molecule has 0 aliphatic carbocycles. The highest BCUT2D eigenvalue weighted by Crippen LogP contribution is 2.25. The lowest BCUT2D eigenvalue weighted by Gasteiger charge is -2.04. The van der Waals surface area contributed by atoms with Crippen LogP contribution in [0.5, 0.6) is 11.5 Å². The number of hydrogen-bond donors (Lipinski definition) is 0. The first kappa shape index (κ1) is 37.8. The van der Waals surface area contributed by atoms with E-state index in [4.69, 9.17) is 9.47 Å². The molecule has 0 heterocycles. The maximum atomic E-state index is 12.3. The van der Waals surface area contributed by atoms with Gasteiger partial charge in [0.1, 0.15) is 11.5 Å². The molecule has 0 spiro atoms. The lowest BCUT2D eigenvalue weighted by atomic mass is 10.0. The summed E-state index contributed by atoms with van der Waals surface area (Å²) >= 11 is 0. The van der Waals surface area contributed by atoms with Crippen LogP contribution in [0.25, 0.3) is 34.4 Å². The molecule has 0 amide bonds. The largest absolute Gasteiger partial charge is 0.497 e. The molecular formula is C44H34N2O8. The Kier molecular flexibility index (Phi) is 12.7. The molecule has 0 atom stereocenters. The Balaban J connectivity index is 0.000000208. The zero-order chi connectivity index (χ0) is 38.5. The maximum absolute atomic E-state index is 12.3. The molecule has 10 nitrogen and oxygen atoms in total. The number of ether oxygens (including phenoxy) is 2. The first-order chi connectivity index (χ1) is 26.1. The molecular weight excluding hydrogens is 684 g/mol. The molecule has 10 heteroatoms. The third-order valence-electron chi connectivity index (χ3n) is 8.20. The number of methoxy groups -OCH3 is 2. The van der Waals surface area contributed by atoms with Crippen LogP contribution in [-0.4, -0.2) is 35.6 Å². The summed E-state index contributed by atoms with van der Waals surface area (Å²) in [5, 5.41) is 21.6. The van der Waals surface area contributed by atoms with Gasteiger partial charge in [-0.1, -0.05) is 109 Å². The van der Waals surface area contributed by atoms with Gasteiger partial charge in [-0.3, -0.25) is 29.8 Å². The number of benzene rings is 6. The Morgan fingerprint density at radius 3 is 1.09 bits per heavy atom. The Labute approximate surface area is 311 Å². The molecule has 0 fully saturated rings. The predicted molar refractivity (Wildman–Crippen MR) is 210 cm³/mol. The van der Waals surface area contributed by atoms with Crippen LogP contribution < -0.4 is 9.47 Å². The second-order valence-electron chi connectivity index (χ2n) is 11.7. The van der Waals surface area contributed by atoms with Crippen molar-refractivity contribution in [2.75, 3.05) is 14.2 Å². The summed E-state index contributed by atoms with van der Waals surface area (Å²) in [4.78, 5) is 45.3. The highest BCUT2D eigenvalue weighted by atomic mass is 16.6. The van der Waals surface area contributed by atoms with E-state index >= 15 is 0 Å². The van der Waals surface area contributed by atoms with Crippen molar-refractivity contribution in [2.45, 2.75) is 0 Å². The van der Waals surface area contributed by atoms with Crippen molar-refractivity contribution >= 4 is 35.1 Å². The summed E-state index contributed by atoms with van der Waals surface area (Å²) in [5.74, 6) is 1.25. The van der Waals surface area contributed by atoms with Crippen LogP contribution in [0.3, 0.4) is 0 Å². The van der Waals surface area contributed by atoms with Gasteiger partial charge in [-0.15, -0.1) is 0 Å².